The van der Waals surface area contributed by atoms with Gasteiger partial charge in [0.15, 0.2) is 0 Å². The molecular weight excluding hydrogens is 292 g/mol. The molecule has 0 saturated heterocycles. The first kappa shape index (κ1) is 16.8. The average Bonchev–Trinajstić information content (AvgIpc) is 2.78. The van der Waals surface area contributed by atoms with E-state index in [2.05, 4.69) is 26.5 Å². The first-order valence-electron chi connectivity index (χ1n) is 10.3. The summed E-state index contributed by atoms with van der Waals surface area (Å²) in [7, 11) is 0. The van der Waals surface area contributed by atoms with Crippen LogP contribution in [0, 0.1) is 39.4 Å². The lowest BCUT2D eigenvalue weighted by molar-refractivity contribution is 0.0516. The predicted molar refractivity (Wildman–Crippen MR) is 101 cm³/mol. The van der Waals surface area contributed by atoms with Crippen molar-refractivity contribution in [2.24, 2.45) is 39.7 Å². The summed E-state index contributed by atoms with van der Waals surface area (Å²) >= 11 is 0. The van der Waals surface area contributed by atoms with Crippen LogP contribution < -0.4 is 5.73 Å². The Bertz CT molecular complexity index is 583. The van der Waals surface area contributed by atoms with Gasteiger partial charge in [0.25, 0.3) is 0 Å². The second kappa shape index (κ2) is 4.96. The highest BCUT2D eigenvalue weighted by Gasteiger charge is 2.88. The van der Waals surface area contributed by atoms with E-state index in [1.807, 2.05) is 6.92 Å². The van der Waals surface area contributed by atoms with E-state index in [1.165, 1.54) is 51.4 Å². The van der Waals surface area contributed by atoms with E-state index < -0.39 is 0 Å². The molecule has 0 bridgehead atoms. The molecule has 2 nitrogen and oxygen atoms in total. The van der Waals surface area contributed by atoms with E-state index in [4.69, 9.17) is 11.1 Å². The summed E-state index contributed by atoms with van der Waals surface area (Å²) in [5.74, 6) is 2.17. The Hall–Kier alpha value is -0.630. The fraction of sp³-hybridized carbons (Fsp3) is 0.864. The normalized spacial score (nSPS) is 54.8. The molecular formula is C22H36N2. The molecule has 4 aliphatic carbocycles. The first-order valence-corrected chi connectivity index (χ1v) is 10.3. The summed E-state index contributed by atoms with van der Waals surface area (Å²) in [5, 5.41) is 8.34. The van der Waals surface area contributed by atoms with E-state index in [0.717, 1.165) is 24.0 Å². The number of hydrogen-bond donors (Lipinski definition) is 2. The number of nitrogens with two attached hydrogens (primary N) is 1. The Morgan fingerprint density at radius 2 is 1.96 bits per heavy atom. The quantitative estimate of drug-likeness (QED) is 0.520. The predicted octanol–water partition coefficient (Wildman–Crippen LogP) is 5.32. The molecule has 0 aromatic carbocycles. The highest BCUT2D eigenvalue weighted by atomic mass is 15.0. The van der Waals surface area contributed by atoms with Crippen molar-refractivity contribution in [3.63, 3.8) is 0 Å². The molecule has 0 aliphatic heterocycles. The lowest BCUT2D eigenvalue weighted by atomic mass is 9.59. The van der Waals surface area contributed by atoms with Crippen LogP contribution in [0.25, 0.3) is 0 Å². The number of hydrogen-bond acceptors (Lipinski definition) is 2. The van der Waals surface area contributed by atoms with Gasteiger partial charge in [-0.3, -0.25) is 0 Å². The molecule has 3 N–H and O–H groups in total. The Morgan fingerprint density at radius 1 is 1.21 bits per heavy atom. The van der Waals surface area contributed by atoms with Gasteiger partial charge >= 0.3 is 0 Å². The summed E-state index contributed by atoms with van der Waals surface area (Å²) < 4.78 is 0. The Labute approximate surface area is 148 Å². The van der Waals surface area contributed by atoms with E-state index >= 15 is 0 Å². The summed E-state index contributed by atoms with van der Waals surface area (Å²) in [4.78, 5) is 0. The van der Waals surface area contributed by atoms with Crippen LogP contribution in [-0.4, -0.2) is 11.3 Å². The van der Waals surface area contributed by atoms with Crippen molar-refractivity contribution in [1.29, 1.82) is 5.41 Å². The van der Waals surface area contributed by atoms with E-state index in [1.54, 1.807) is 0 Å². The maximum Gasteiger partial charge on any atom is 0.0254 e. The molecule has 134 valence electrons. The minimum Gasteiger partial charge on any atom is -0.324 e. The van der Waals surface area contributed by atoms with E-state index in [0.29, 0.717) is 22.2 Å². The summed E-state index contributed by atoms with van der Waals surface area (Å²) in [5.41, 5.74) is 9.28. The van der Waals surface area contributed by atoms with Gasteiger partial charge in [0.2, 0.25) is 0 Å². The third-order valence-electron chi connectivity index (χ3n) is 9.44. The van der Waals surface area contributed by atoms with E-state index in [-0.39, 0.29) is 5.54 Å². The Kier molecular flexibility index (Phi) is 3.48. The molecule has 0 aromatic rings. The molecule has 1 spiro atoms. The molecule has 7 atom stereocenters. The number of nitrogens with one attached hydrogen (secondary N) is 1. The van der Waals surface area contributed by atoms with Crippen LogP contribution in [0.5, 0.6) is 0 Å². The molecule has 2 heteroatoms. The smallest absolute Gasteiger partial charge is 0.0254 e. The van der Waals surface area contributed by atoms with Gasteiger partial charge in [-0.1, -0.05) is 26.3 Å². The summed E-state index contributed by atoms with van der Waals surface area (Å²) in [6, 6.07) is 0. The molecule has 24 heavy (non-hydrogen) atoms. The molecule has 4 rings (SSSR count). The minimum atomic E-state index is -0.0154. The van der Waals surface area contributed by atoms with Crippen molar-refractivity contribution in [2.75, 3.05) is 0 Å². The third kappa shape index (κ3) is 1.56. The van der Waals surface area contributed by atoms with Crippen molar-refractivity contribution in [3.05, 3.63) is 12.7 Å². The fourth-order valence-corrected chi connectivity index (χ4v) is 9.00. The maximum atomic E-state index is 8.34. The van der Waals surface area contributed by atoms with Crippen LogP contribution in [0.2, 0.25) is 0 Å². The Balaban J connectivity index is 1.78. The highest BCUT2D eigenvalue weighted by molar-refractivity contribution is 5.82. The van der Waals surface area contributed by atoms with Gasteiger partial charge in [0.05, 0.1) is 0 Å². The maximum absolute atomic E-state index is 8.34. The molecule has 4 aliphatic rings. The standard InChI is InChI=1S/C22H36N2/c1-5-10-20(24)13-14-21-17-8-7-16(15(3)23)19(17,4)12-9-18(21)22(20,21)11-6-2/h5,16-18,23H,1,6-14,24H2,2-4H3. The van der Waals surface area contributed by atoms with Crippen molar-refractivity contribution in [3.8, 4) is 0 Å². The zero-order valence-corrected chi connectivity index (χ0v) is 16.0. The second-order valence-electron chi connectivity index (χ2n) is 9.87. The molecule has 4 fully saturated rings. The summed E-state index contributed by atoms with van der Waals surface area (Å²) in [6.45, 7) is 11.0. The van der Waals surface area contributed by atoms with Gasteiger partial charge in [-0.15, -0.1) is 6.58 Å². The van der Waals surface area contributed by atoms with Crippen LogP contribution in [0.1, 0.15) is 78.6 Å². The number of rotatable bonds is 5. The van der Waals surface area contributed by atoms with E-state index in [9.17, 15) is 0 Å². The van der Waals surface area contributed by atoms with Gasteiger partial charge in [-0.05, 0) is 86.4 Å². The summed E-state index contributed by atoms with van der Waals surface area (Å²) in [6.07, 6.45) is 13.4. The molecule has 0 radical (unpaired) electrons. The third-order valence-corrected chi connectivity index (χ3v) is 9.44. The largest absolute Gasteiger partial charge is 0.324 e. The van der Waals surface area contributed by atoms with Crippen molar-refractivity contribution < 1.29 is 0 Å². The molecule has 0 amide bonds. The average molecular weight is 329 g/mol. The van der Waals surface area contributed by atoms with Gasteiger partial charge in [-0.2, -0.15) is 0 Å². The lowest BCUT2D eigenvalue weighted by Gasteiger charge is -2.45. The van der Waals surface area contributed by atoms with Gasteiger partial charge < -0.3 is 11.1 Å². The van der Waals surface area contributed by atoms with Crippen LogP contribution in [0.4, 0.5) is 0 Å². The monoisotopic (exact) mass is 328 g/mol. The van der Waals surface area contributed by atoms with Crippen LogP contribution in [0.3, 0.4) is 0 Å². The zero-order valence-electron chi connectivity index (χ0n) is 16.0. The minimum absolute atomic E-state index is 0.0154. The van der Waals surface area contributed by atoms with Crippen molar-refractivity contribution in [2.45, 2.75) is 84.1 Å². The van der Waals surface area contributed by atoms with Gasteiger partial charge in [0, 0.05) is 17.2 Å². The Morgan fingerprint density at radius 3 is 2.58 bits per heavy atom. The highest BCUT2D eigenvalue weighted by Crippen LogP contribution is 2.91. The second-order valence-corrected chi connectivity index (χ2v) is 9.87. The first-order chi connectivity index (χ1) is 11.3. The van der Waals surface area contributed by atoms with Crippen molar-refractivity contribution in [1.82, 2.24) is 0 Å². The van der Waals surface area contributed by atoms with Crippen LogP contribution in [-0.2, 0) is 0 Å². The fourth-order valence-electron chi connectivity index (χ4n) is 9.00. The molecule has 0 heterocycles. The zero-order chi connectivity index (χ0) is 17.4. The topological polar surface area (TPSA) is 49.9 Å². The van der Waals surface area contributed by atoms with Gasteiger partial charge in [-0.25, -0.2) is 0 Å². The molecule has 4 saturated carbocycles. The van der Waals surface area contributed by atoms with Crippen LogP contribution >= 0.6 is 0 Å². The lowest BCUT2D eigenvalue weighted by Crippen LogP contribution is -2.48. The van der Waals surface area contributed by atoms with Crippen LogP contribution in [0.15, 0.2) is 12.7 Å². The van der Waals surface area contributed by atoms with Crippen molar-refractivity contribution >= 4 is 5.71 Å². The SMILES string of the molecule is C=CCC1(N)CCC23C4CCC(C(C)=N)C4(C)CCC2C13CCC. The molecule has 7 unspecified atom stereocenters. The van der Waals surface area contributed by atoms with Gasteiger partial charge in [0.1, 0.15) is 0 Å². The molecule has 0 aromatic heterocycles. The number of fused-ring (bicyclic) bond motifs is 2.